The molecule has 3 nitrogen and oxygen atoms in total. The van der Waals surface area contributed by atoms with Crippen LogP contribution in [-0.4, -0.2) is 7.11 Å². The molecule has 0 unspecified atom stereocenters. The van der Waals surface area contributed by atoms with Gasteiger partial charge in [-0.3, -0.25) is 4.79 Å². The molecule has 2 aromatic carbocycles. The number of para-hydroxylation sites is 1. The minimum atomic E-state index is -0.0230. The van der Waals surface area contributed by atoms with Gasteiger partial charge in [-0.2, -0.15) is 0 Å². The number of benzene rings is 2. The number of ether oxygens (including phenoxy) is 1. The van der Waals surface area contributed by atoms with Crippen molar-refractivity contribution < 1.29 is 9.15 Å². The monoisotopic (exact) mass is 240 g/mol. The Balaban J connectivity index is 2.56. The van der Waals surface area contributed by atoms with Gasteiger partial charge < -0.3 is 9.15 Å². The second-order valence-corrected chi connectivity index (χ2v) is 4.27. The molecule has 3 rings (SSSR count). The lowest BCUT2D eigenvalue weighted by Gasteiger charge is -2.05. The van der Waals surface area contributed by atoms with E-state index < -0.39 is 0 Å². The van der Waals surface area contributed by atoms with Gasteiger partial charge in [-0.15, -0.1) is 0 Å². The standard InChI is InChI=1S/C15H12O3/c1-9-6-7-10-13(8-9)18-15-11(14(10)16)4-3-5-12(15)17-2/h3-8H,1-2H3. The number of hydrogen-bond acceptors (Lipinski definition) is 3. The molecule has 0 fully saturated rings. The van der Waals surface area contributed by atoms with Crippen LogP contribution in [0.4, 0.5) is 0 Å². The first-order valence-electron chi connectivity index (χ1n) is 5.71. The minimum absolute atomic E-state index is 0.0230. The zero-order valence-electron chi connectivity index (χ0n) is 10.2. The molecule has 0 spiro atoms. The van der Waals surface area contributed by atoms with E-state index in [0.29, 0.717) is 27.7 Å². The topological polar surface area (TPSA) is 39.4 Å². The second-order valence-electron chi connectivity index (χ2n) is 4.27. The normalized spacial score (nSPS) is 11.0. The summed E-state index contributed by atoms with van der Waals surface area (Å²) in [5.41, 5.74) is 2.13. The van der Waals surface area contributed by atoms with E-state index in [4.69, 9.17) is 9.15 Å². The van der Waals surface area contributed by atoms with E-state index in [1.807, 2.05) is 19.1 Å². The van der Waals surface area contributed by atoms with Gasteiger partial charge in [0.15, 0.2) is 11.3 Å². The molecular weight excluding hydrogens is 228 g/mol. The Labute approximate surface area is 104 Å². The largest absolute Gasteiger partial charge is 0.493 e. The van der Waals surface area contributed by atoms with Crippen molar-refractivity contribution in [2.45, 2.75) is 6.92 Å². The van der Waals surface area contributed by atoms with E-state index in [-0.39, 0.29) is 5.43 Å². The number of rotatable bonds is 1. The van der Waals surface area contributed by atoms with E-state index in [1.165, 1.54) is 0 Å². The Bertz CT molecular complexity index is 800. The van der Waals surface area contributed by atoms with Gasteiger partial charge in [0, 0.05) is 0 Å². The van der Waals surface area contributed by atoms with Crippen molar-refractivity contribution in [2.24, 2.45) is 0 Å². The summed E-state index contributed by atoms with van der Waals surface area (Å²) < 4.78 is 11.0. The molecule has 3 heteroatoms. The quantitative estimate of drug-likeness (QED) is 0.613. The van der Waals surface area contributed by atoms with Crippen LogP contribution < -0.4 is 10.2 Å². The van der Waals surface area contributed by atoms with Gasteiger partial charge in [0.2, 0.25) is 5.43 Å². The van der Waals surface area contributed by atoms with Crippen LogP contribution in [0.3, 0.4) is 0 Å². The van der Waals surface area contributed by atoms with Crippen molar-refractivity contribution in [3.8, 4) is 5.75 Å². The molecule has 3 aromatic rings. The van der Waals surface area contributed by atoms with Gasteiger partial charge in [-0.05, 0) is 36.8 Å². The Kier molecular flexibility index (Phi) is 2.33. The number of fused-ring (bicyclic) bond motifs is 2. The van der Waals surface area contributed by atoms with Gasteiger partial charge in [0.25, 0.3) is 0 Å². The van der Waals surface area contributed by atoms with Crippen LogP contribution >= 0.6 is 0 Å². The molecule has 1 aromatic heterocycles. The zero-order chi connectivity index (χ0) is 12.7. The van der Waals surface area contributed by atoms with E-state index in [1.54, 1.807) is 31.4 Å². The summed E-state index contributed by atoms with van der Waals surface area (Å²) in [5, 5.41) is 1.15. The Morgan fingerprint density at radius 1 is 1.11 bits per heavy atom. The summed E-state index contributed by atoms with van der Waals surface area (Å²) >= 11 is 0. The third-order valence-electron chi connectivity index (χ3n) is 3.04. The molecule has 0 radical (unpaired) electrons. The van der Waals surface area contributed by atoms with Crippen molar-refractivity contribution in [2.75, 3.05) is 7.11 Å². The summed E-state index contributed by atoms with van der Waals surface area (Å²) in [7, 11) is 1.56. The Morgan fingerprint density at radius 2 is 1.94 bits per heavy atom. The minimum Gasteiger partial charge on any atom is -0.493 e. The molecule has 1 heterocycles. The van der Waals surface area contributed by atoms with Crippen LogP contribution in [-0.2, 0) is 0 Å². The maximum Gasteiger partial charge on any atom is 0.200 e. The molecule has 0 bridgehead atoms. The van der Waals surface area contributed by atoms with Crippen molar-refractivity contribution >= 4 is 21.9 Å². The summed E-state index contributed by atoms with van der Waals surface area (Å²) in [6.07, 6.45) is 0. The van der Waals surface area contributed by atoms with Crippen LogP contribution in [0.5, 0.6) is 5.75 Å². The summed E-state index contributed by atoms with van der Waals surface area (Å²) in [4.78, 5) is 12.4. The van der Waals surface area contributed by atoms with Gasteiger partial charge in [0.05, 0.1) is 17.9 Å². The summed E-state index contributed by atoms with van der Waals surface area (Å²) in [5.74, 6) is 0.577. The van der Waals surface area contributed by atoms with Crippen molar-refractivity contribution in [1.29, 1.82) is 0 Å². The van der Waals surface area contributed by atoms with Gasteiger partial charge in [-0.25, -0.2) is 0 Å². The fraction of sp³-hybridized carbons (Fsp3) is 0.133. The van der Waals surface area contributed by atoms with Crippen molar-refractivity contribution in [3.05, 3.63) is 52.2 Å². The van der Waals surface area contributed by atoms with Crippen LogP contribution in [0.15, 0.2) is 45.6 Å². The molecular formula is C15H12O3. The van der Waals surface area contributed by atoms with Crippen molar-refractivity contribution in [3.63, 3.8) is 0 Å². The smallest absolute Gasteiger partial charge is 0.200 e. The SMILES string of the molecule is COc1cccc2c(=O)c3ccc(C)cc3oc12. The molecule has 0 atom stereocenters. The molecule has 18 heavy (non-hydrogen) atoms. The highest BCUT2D eigenvalue weighted by atomic mass is 16.5. The average molecular weight is 240 g/mol. The third-order valence-corrected chi connectivity index (χ3v) is 3.04. The van der Waals surface area contributed by atoms with Crippen LogP contribution in [0.25, 0.3) is 21.9 Å². The highest BCUT2D eigenvalue weighted by Crippen LogP contribution is 2.26. The fourth-order valence-electron chi connectivity index (χ4n) is 2.12. The highest BCUT2D eigenvalue weighted by molar-refractivity contribution is 5.92. The lowest BCUT2D eigenvalue weighted by Crippen LogP contribution is -2.02. The maximum atomic E-state index is 12.4. The van der Waals surface area contributed by atoms with Gasteiger partial charge in [0.1, 0.15) is 5.58 Å². The van der Waals surface area contributed by atoms with E-state index in [2.05, 4.69) is 0 Å². The first-order chi connectivity index (χ1) is 8.70. The molecule has 0 aliphatic heterocycles. The van der Waals surface area contributed by atoms with Gasteiger partial charge >= 0.3 is 0 Å². The number of hydrogen-bond donors (Lipinski definition) is 0. The number of aryl methyl sites for hydroxylation is 1. The molecule has 90 valence electrons. The Hall–Kier alpha value is -2.29. The first-order valence-corrected chi connectivity index (χ1v) is 5.71. The van der Waals surface area contributed by atoms with Crippen LogP contribution in [0, 0.1) is 6.92 Å². The summed E-state index contributed by atoms with van der Waals surface area (Å²) in [6.45, 7) is 1.96. The van der Waals surface area contributed by atoms with Crippen molar-refractivity contribution in [1.82, 2.24) is 0 Å². The molecule has 0 saturated carbocycles. The fourth-order valence-corrected chi connectivity index (χ4v) is 2.12. The van der Waals surface area contributed by atoms with E-state index in [9.17, 15) is 4.79 Å². The molecule has 0 aliphatic carbocycles. The zero-order valence-corrected chi connectivity index (χ0v) is 10.2. The van der Waals surface area contributed by atoms with E-state index in [0.717, 1.165) is 5.56 Å². The predicted octanol–water partition coefficient (Wildman–Crippen LogP) is 3.26. The van der Waals surface area contributed by atoms with E-state index >= 15 is 0 Å². The molecule has 0 aliphatic rings. The Morgan fingerprint density at radius 3 is 2.72 bits per heavy atom. The number of methoxy groups -OCH3 is 1. The first kappa shape index (κ1) is 10.8. The average Bonchev–Trinajstić information content (AvgIpc) is 2.38. The highest BCUT2D eigenvalue weighted by Gasteiger charge is 2.10. The van der Waals surface area contributed by atoms with Gasteiger partial charge in [-0.1, -0.05) is 12.1 Å². The predicted molar refractivity (Wildman–Crippen MR) is 71.3 cm³/mol. The summed E-state index contributed by atoms with van der Waals surface area (Å²) in [6, 6.07) is 10.9. The molecule has 0 N–H and O–H groups in total. The lowest BCUT2D eigenvalue weighted by atomic mass is 10.1. The maximum absolute atomic E-state index is 12.4. The van der Waals surface area contributed by atoms with Crippen LogP contribution in [0.1, 0.15) is 5.56 Å². The van der Waals surface area contributed by atoms with Crippen LogP contribution in [0.2, 0.25) is 0 Å². The lowest BCUT2D eigenvalue weighted by molar-refractivity contribution is 0.411. The second kappa shape index (κ2) is 3.88. The molecule has 0 amide bonds. The third kappa shape index (κ3) is 1.48. The molecule has 0 saturated heterocycles.